The second kappa shape index (κ2) is 6.91. The summed E-state index contributed by atoms with van der Waals surface area (Å²) in [7, 11) is 0. The standard InChI is InChI=1S/C16H25NO/c1-13-4-2-5-14(10-13)11-15(12-17)7-8-16-6-3-9-18-16/h2,4-5,10,15-16H,3,6-9,11-12,17H2,1H3. The molecule has 0 spiro atoms. The molecule has 0 amide bonds. The first-order valence-corrected chi connectivity index (χ1v) is 7.15. The van der Waals surface area contributed by atoms with Crippen molar-refractivity contribution in [1.82, 2.24) is 0 Å². The number of benzene rings is 1. The van der Waals surface area contributed by atoms with Crippen molar-refractivity contribution in [2.24, 2.45) is 11.7 Å². The lowest BCUT2D eigenvalue weighted by Crippen LogP contribution is -2.19. The predicted molar refractivity (Wildman–Crippen MR) is 75.6 cm³/mol. The number of ether oxygens (including phenoxy) is 1. The van der Waals surface area contributed by atoms with Crippen LogP contribution >= 0.6 is 0 Å². The van der Waals surface area contributed by atoms with Crippen LogP contribution in [0.1, 0.15) is 36.8 Å². The molecule has 0 radical (unpaired) electrons. The highest BCUT2D eigenvalue weighted by molar-refractivity contribution is 5.22. The van der Waals surface area contributed by atoms with Crippen molar-refractivity contribution in [3.05, 3.63) is 35.4 Å². The SMILES string of the molecule is Cc1cccc(CC(CN)CCC2CCCO2)c1. The van der Waals surface area contributed by atoms with Gasteiger partial charge in [0.15, 0.2) is 0 Å². The largest absolute Gasteiger partial charge is 0.378 e. The zero-order valence-corrected chi connectivity index (χ0v) is 11.4. The number of rotatable bonds is 6. The molecule has 1 fully saturated rings. The number of nitrogens with two attached hydrogens (primary N) is 1. The van der Waals surface area contributed by atoms with E-state index >= 15 is 0 Å². The summed E-state index contributed by atoms with van der Waals surface area (Å²) in [5.74, 6) is 0.594. The van der Waals surface area contributed by atoms with E-state index in [0.29, 0.717) is 12.0 Å². The van der Waals surface area contributed by atoms with Crippen LogP contribution in [0.2, 0.25) is 0 Å². The zero-order valence-electron chi connectivity index (χ0n) is 11.4. The van der Waals surface area contributed by atoms with E-state index in [0.717, 1.165) is 19.6 Å². The highest BCUT2D eigenvalue weighted by Gasteiger charge is 2.17. The van der Waals surface area contributed by atoms with Gasteiger partial charge in [-0.05, 0) is 57.1 Å². The zero-order chi connectivity index (χ0) is 12.8. The molecule has 18 heavy (non-hydrogen) atoms. The number of hydrogen-bond donors (Lipinski definition) is 1. The molecule has 1 aliphatic rings. The Balaban J connectivity index is 1.81. The third-order valence-corrected chi connectivity index (χ3v) is 3.86. The van der Waals surface area contributed by atoms with Gasteiger partial charge < -0.3 is 10.5 Å². The van der Waals surface area contributed by atoms with Gasteiger partial charge in [-0.1, -0.05) is 29.8 Å². The minimum absolute atomic E-state index is 0.497. The van der Waals surface area contributed by atoms with Crippen LogP contribution in [-0.4, -0.2) is 19.3 Å². The van der Waals surface area contributed by atoms with E-state index in [1.807, 2.05) is 0 Å². The summed E-state index contributed by atoms with van der Waals surface area (Å²) in [6, 6.07) is 8.77. The van der Waals surface area contributed by atoms with Crippen LogP contribution in [0.25, 0.3) is 0 Å². The first kappa shape index (κ1) is 13.6. The van der Waals surface area contributed by atoms with Gasteiger partial charge in [0.1, 0.15) is 0 Å². The summed E-state index contributed by atoms with van der Waals surface area (Å²) in [4.78, 5) is 0. The van der Waals surface area contributed by atoms with Gasteiger partial charge in [0.25, 0.3) is 0 Å². The quantitative estimate of drug-likeness (QED) is 0.838. The van der Waals surface area contributed by atoms with E-state index in [-0.39, 0.29) is 0 Å². The summed E-state index contributed by atoms with van der Waals surface area (Å²) in [6.07, 6.45) is 6.43. The van der Waals surface area contributed by atoms with Crippen LogP contribution in [0, 0.1) is 12.8 Å². The first-order valence-electron chi connectivity index (χ1n) is 7.15. The summed E-state index contributed by atoms with van der Waals surface area (Å²) in [6.45, 7) is 3.88. The van der Waals surface area contributed by atoms with Crippen molar-refractivity contribution in [1.29, 1.82) is 0 Å². The summed E-state index contributed by atoms with van der Waals surface area (Å²) in [5, 5.41) is 0. The fourth-order valence-corrected chi connectivity index (χ4v) is 2.77. The average molecular weight is 247 g/mol. The highest BCUT2D eigenvalue weighted by atomic mass is 16.5. The van der Waals surface area contributed by atoms with Crippen molar-refractivity contribution >= 4 is 0 Å². The predicted octanol–water partition coefficient (Wildman–Crippen LogP) is 3.07. The molecule has 1 aliphatic heterocycles. The van der Waals surface area contributed by atoms with E-state index in [9.17, 15) is 0 Å². The maximum absolute atomic E-state index is 5.90. The van der Waals surface area contributed by atoms with Gasteiger partial charge in [-0.25, -0.2) is 0 Å². The Morgan fingerprint density at radius 1 is 1.44 bits per heavy atom. The topological polar surface area (TPSA) is 35.2 Å². The van der Waals surface area contributed by atoms with Gasteiger partial charge in [-0.3, -0.25) is 0 Å². The van der Waals surface area contributed by atoms with E-state index in [1.165, 1.54) is 36.8 Å². The summed E-state index contributed by atoms with van der Waals surface area (Å²) >= 11 is 0. The van der Waals surface area contributed by atoms with Crippen LogP contribution in [0.3, 0.4) is 0 Å². The normalized spacial score (nSPS) is 21.1. The smallest absolute Gasteiger partial charge is 0.0576 e. The Labute approximate surface area is 111 Å². The molecule has 2 heteroatoms. The van der Waals surface area contributed by atoms with Gasteiger partial charge in [0, 0.05) is 6.61 Å². The molecule has 1 aromatic rings. The lowest BCUT2D eigenvalue weighted by Gasteiger charge is -2.17. The molecule has 1 saturated heterocycles. The second-order valence-corrected chi connectivity index (χ2v) is 5.51. The third kappa shape index (κ3) is 4.11. The summed E-state index contributed by atoms with van der Waals surface area (Å²) in [5.41, 5.74) is 8.65. The molecular formula is C16H25NO. The molecule has 0 saturated carbocycles. The van der Waals surface area contributed by atoms with Crippen LogP contribution in [0.15, 0.2) is 24.3 Å². The molecule has 2 nitrogen and oxygen atoms in total. The second-order valence-electron chi connectivity index (χ2n) is 5.51. The molecule has 0 aliphatic carbocycles. The van der Waals surface area contributed by atoms with Gasteiger partial charge in [0.05, 0.1) is 6.10 Å². The lowest BCUT2D eigenvalue weighted by molar-refractivity contribution is 0.0983. The molecular weight excluding hydrogens is 222 g/mol. The van der Waals surface area contributed by atoms with Gasteiger partial charge in [0.2, 0.25) is 0 Å². The van der Waals surface area contributed by atoms with Crippen molar-refractivity contribution in [2.45, 2.75) is 45.1 Å². The Morgan fingerprint density at radius 2 is 2.33 bits per heavy atom. The minimum atomic E-state index is 0.497. The van der Waals surface area contributed by atoms with E-state index in [4.69, 9.17) is 10.5 Å². The van der Waals surface area contributed by atoms with Crippen molar-refractivity contribution in [3.8, 4) is 0 Å². The monoisotopic (exact) mass is 247 g/mol. The molecule has 2 N–H and O–H groups in total. The Kier molecular flexibility index (Phi) is 5.21. The number of hydrogen-bond acceptors (Lipinski definition) is 2. The van der Waals surface area contributed by atoms with Crippen LogP contribution in [-0.2, 0) is 11.2 Å². The van der Waals surface area contributed by atoms with Crippen LogP contribution < -0.4 is 5.73 Å². The van der Waals surface area contributed by atoms with Crippen molar-refractivity contribution in [3.63, 3.8) is 0 Å². The Hall–Kier alpha value is -0.860. The molecule has 2 rings (SSSR count). The lowest BCUT2D eigenvalue weighted by atomic mass is 9.92. The van der Waals surface area contributed by atoms with Gasteiger partial charge >= 0.3 is 0 Å². The average Bonchev–Trinajstić information content (AvgIpc) is 2.87. The number of aryl methyl sites for hydroxylation is 1. The van der Waals surface area contributed by atoms with Gasteiger partial charge in [-0.2, -0.15) is 0 Å². The third-order valence-electron chi connectivity index (χ3n) is 3.86. The van der Waals surface area contributed by atoms with Crippen molar-refractivity contribution < 1.29 is 4.74 Å². The van der Waals surface area contributed by atoms with E-state index < -0.39 is 0 Å². The van der Waals surface area contributed by atoms with E-state index in [1.54, 1.807) is 0 Å². The molecule has 1 aromatic carbocycles. The summed E-state index contributed by atoms with van der Waals surface area (Å²) < 4.78 is 5.68. The van der Waals surface area contributed by atoms with Crippen molar-refractivity contribution in [2.75, 3.05) is 13.2 Å². The maximum atomic E-state index is 5.90. The molecule has 0 aromatic heterocycles. The highest BCUT2D eigenvalue weighted by Crippen LogP contribution is 2.21. The van der Waals surface area contributed by atoms with Crippen LogP contribution in [0.4, 0.5) is 0 Å². The molecule has 2 unspecified atom stereocenters. The molecule has 100 valence electrons. The Morgan fingerprint density at radius 3 is 3.00 bits per heavy atom. The molecule has 2 atom stereocenters. The minimum Gasteiger partial charge on any atom is -0.378 e. The maximum Gasteiger partial charge on any atom is 0.0576 e. The van der Waals surface area contributed by atoms with Crippen LogP contribution in [0.5, 0.6) is 0 Å². The first-order chi connectivity index (χ1) is 8.78. The molecule has 1 heterocycles. The van der Waals surface area contributed by atoms with E-state index in [2.05, 4.69) is 31.2 Å². The fourth-order valence-electron chi connectivity index (χ4n) is 2.77. The van der Waals surface area contributed by atoms with Gasteiger partial charge in [-0.15, -0.1) is 0 Å². The Bertz CT molecular complexity index is 358. The fraction of sp³-hybridized carbons (Fsp3) is 0.625. The molecule has 0 bridgehead atoms.